The van der Waals surface area contributed by atoms with Crippen molar-refractivity contribution < 1.29 is 4.52 Å². The normalized spacial score (nSPS) is 22.0. The van der Waals surface area contributed by atoms with Crippen LogP contribution < -0.4 is 10.2 Å². The van der Waals surface area contributed by atoms with E-state index in [1.165, 1.54) is 12.8 Å². The molecular formula is C10H16N4O. The van der Waals surface area contributed by atoms with Gasteiger partial charge in [0.2, 0.25) is 5.89 Å². The van der Waals surface area contributed by atoms with Crippen molar-refractivity contribution >= 4 is 5.95 Å². The molecule has 0 atom stereocenters. The van der Waals surface area contributed by atoms with E-state index in [4.69, 9.17) is 4.52 Å². The minimum absolute atomic E-state index is 0.692. The molecule has 0 saturated carbocycles. The van der Waals surface area contributed by atoms with E-state index >= 15 is 0 Å². The summed E-state index contributed by atoms with van der Waals surface area (Å²) in [5.41, 5.74) is 0. The van der Waals surface area contributed by atoms with Crippen LogP contribution in [0.25, 0.3) is 0 Å². The average molecular weight is 208 g/mol. The number of anilines is 1. The smallest absolute Gasteiger partial charge is 0.266 e. The van der Waals surface area contributed by atoms with Crippen LogP contribution in [0.5, 0.6) is 0 Å². The van der Waals surface area contributed by atoms with Gasteiger partial charge in [0.25, 0.3) is 5.95 Å². The van der Waals surface area contributed by atoms with Crippen molar-refractivity contribution in [3.05, 3.63) is 5.89 Å². The van der Waals surface area contributed by atoms with Crippen LogP contribution in [0.15, 0.2) is 4.52 Å². The summed E-state index contributed by atoms with van der Waals surface area (Å²) in [7, 11) is 0. The average Bonchev–Trinajstić information content (AvgIpc) is 2.82. The van der Waals surface area contributed by atoms with Crippen LogP contribution in [-0.4, -0.2) is 36.3 Å². The minimum Gasteiger partial charge on any atom is -0.338 e. The topological polar surface area (TPSA) is 54.2 Å². The largest absolute Gasteiger partial charge is 0.338 e. The SMILES string of the molecule is C1CCN(c2noc(CC3CNC3)n2)C1. The van der Waals surface area contributed by atoms with E-state index < -0.39 is 0 Å². The number of nitrogens with one attached hydrogen (secondary N) is 1. The molecule has 5 heteroatoms. The van der Waals surface area contributed by atoms with Crippen molar-refractivity contribution in [3.63, 3.8) is 0 Å². The Kier molecular flexibility index (Phi) is 2.32. The second-order valence-electron chi connectivity index (χ2n) is 4.41. The van der Waals surface area contributed by atoms with Crippen molar-refractivity contribution in [2.24, 2.45) is 5.92 Å². The summed E-state index contributed by atoms with van der Waals surface area (Å²) in [4.78, 5) is 6.63. The summed E-state index contributed by atoms with van der Waals surface area (Å²) in [6.07, 6.45) is 3.42. The third kappa shape index (κ3) is 1.84. The first kappa shape index (κ1) is 9.15. The van der Waals surface area contributed by atoms with Crippen LogP contribution in [0, 0.1) is 5.92 Å². The summed E-state index contributed by atoms with van der Waals surface area (Å²) in [6, 6.07) is 0. The Morgan fingerprint density at radius 3 is 2.80 bits per heavy atom. The predicted molar refractivity (Wildman–Crippen MR) is 55.8 cm³/mol. The Morgan fingerprint density at radius 2 is 2.13 bits per heavy atom. The molecule has 15 heavy (non-hydrogen) atoms. The molecule has 2 saturated heterocycles. The lowest BCUT2D eigenvalue weighted by atomic mass is 10.00. The maximum absolute atomic E-state index is 5.25. The molecule has 0 spiro atoms. The molecule has 1 aromatic rings. The third-order valence-electron chi connectivity index (χ3n) is 3.18. The highest BCUT2D eigenvalue weighted by Crippen LogP contribution is 2.18. The van der Waals surface area contributed by atoms with Gasteiger partial charge in [0.1, 0.15) is 0 Å². The predicted octanol–water partition coefficient (Wildman–Crippen LogP) is 0.432. The first-order valence-corrected chi connectivity index (χ1v) is 5.70. The summed E-state index contributed by atoms with van der Waals surface area (Å²) in [5.74, 6) is 2.27. The lowest BCUT2D eigenvalue weighted by molar-refractivity contribution is 0.295. The van der Waals surface area contributed by atoms with Crippen molar-refractivity contribution in [1.82, 2.24) is 15.5 Å². The van der Waals surface area contributed by atoms with E-state index in [9.17, 15) is 0 Å². The Labute approximate surface area is 88.8 Å². The number of aromatic nitrogens is 2. The summed E-state index contributed by atoms with van der Waals surface area (Å²) in [5, 5.41) is 7.27. The zero-order valence-corrected chi connectivity index (χ0v) is 8.78. The van der Waals surface area contributed by atoms with E-state index in [-0.39, 0.29) is 0 Å². The van der Waals surface area contributed by atoms with Gasteiger partial charge in [-0.15, -0.1) is 0 Å². The maximum atomic E-state index is 5.25. The Balaban J connectivity index is 1.64. The zero-order chi connectivity index (χ0) is 10.1. The maximum Gasteiger partial charge on any atom is 0.266 e. The van der Waals surface area contributed by atoms with Gasteiger partial charge in [-0.3, -0.25) is 0 Å². The number of hydrogen-bond acceptors (Lipinski definition) is 5. The van der Waals surface area contributed by atoms with Crippen LogP contribution >= 0.6 is 0 Å². The molecule has 1 aromatic heterocycles. The lowest BCUT2D eigenvalue weighted by Gasteiger charge is -2.25. The van der Waals surface area contributed by atoms with Gasteiger partial charge in [0.05, 0.1) is 0 Å². The fourth-order valence-electron chi connectivity index (χ4n) is 2.11. The molecule has 0 amide bonds. The van der Waals surface area contributed by atoms with Crippen LogP contribution in [0.1, 0.15) is 18.7 Å². The minimum atomic E-state index is 0.692. The van der Waals surface area contributed by atoms with Gasteiger partial charge in [-0.05, 0) is 37.0 Å². The fourth-order valence-corrected chi connectivity index (χ4v) is 2.11. The van der Waals surface area contributed by atoms with Crippen LogP contribution in [-0.2, 0) is 6.42 Å². The van der Waals surface area contributed by atoms with E-state index in [0.29, 0.717) is 5.92 Å². The third-order valence-corrected chi connectivity index (χ3v) is 3.18. The molecule has 3 rings (SSSR count). The highest BCUT2D eigenvalue weighted by atomic mass is 16.5. The molecule has 0 unspecified atom stereocenters. The Hall–Kier alpha value is -1.10. The quantitative estimate of drug-likeness (QED) is 0.780. The molecule has 0 aliphatic carbocycles. The van der Waals surface area contributed by atoms with Crippen LogP contribution in [0.4, 0.5) is 5.95 Å². The number of nitrogens with zero attached hydrogens (tertiary/aromatic N) is 3. The molecule has 3 heterocycles. The summed E-state index contributed by atoms with van der Waals surface area (Å²) in [6.45, 7) is 4.32. The second kappa shape index (κ2) is 3.81. The van der Waals surface area contributed by atoms with Crippen molar-refractivity contribution in [2.45, 2.75) is 19.3 Å². The second-order valence-corrected chi connectivity index (χ2v) is 4.41. The standard InChI is InChI=1S/C10H16N4O/c1-2-4-14(3-1)10-12-9(15-13-10)5-8-6-11-7-8/h8,11H,1-7H2. The monoisotopic (exact) mass is 208 g/mol. The number of rotatable bonds is 3. The molecule has 82 valence electrons. The molecule has 0 aromatic carbocycles. The van der Waals surface area contributed by atoms with E-state index in [2.05, 4.69) is 20.4 Å². The Morgan fingerprint density at radius 1 is 1.33 bits per heavy atom. The van der Waals surface area contributed by atoms with Gasteiger partial charge >= 0.3 is 0 Å². The van der Waals surface area contributed by atoms with E-state index in [0.717, 1.165) is 44.4 Å². The van der Waals surface area contributed by atoms with E-state index in [1.54, 1.807) is 0 Å². The van der Waals surface area contributed by atoms with Gasteiger partial charge in [0, 0.05) is 19.5 Å². The molecule has 2 fully saturated rings. The van der Waals surface area contributed by atoms with Gasteiger partial charge < -0.3 is 14.7 Å². The van der Waals surface area contributed by atoms with Crippen LogP contribution in [0.3, 0.4) is 0 Å². The Bertz CT molecular complexity index is 328. The fraction of sp³-hybridized carbons (Fsp3) is 0.800. The summed E-state index contributed by atoms with van der Waals surface area (Å²) >= 11 is 0. The first-order valence-electron chi connectivity index (χ1n) is 5.70. The van der Waals surface area contributed by atoms with Crippen molar-refractivity contribution in [2.75, 3.05) is 31.1 Å². The van der Waals surface area contributed by atoms with Gasteiger partial charge in [-0.2, -0.15) is 4.98 Å². The molecule has 0 radical (unpaired) electrons. The van der Waals surface area contributed by atoms with Gasteiger partial charge in [0.15, 0.2) is 0 Å². The van der Waals surface area contributed by atoms with Gasteiger partial charge in [-0.25, -0.2) is 0 Å². The van der Waals surface area contributed by atoms with Crippen molar-refractivity contribution in [3.8, 4) is 0 Å². The highest BCUT2D eigenvalue weighted by molar-refractivity contribution is 5.28. The lowest BCUT2D eigenvalue weighted by Crippen LogP contribution is -2.43. The molecule has 1 N–H and O–H groups in total. The molecule has 2 aliphatic rings. The van der Waals surface area contributed by atoms with Crippen LogP contribution in [0.2, 0.25) is 0 Å². The summed E-state index contributed by atoms with van der Waals surface area (Å²) < 4.78 is 5.25. The number of hydrogen-bond donors (Lipinski definition) is 1. The molecule has 2 aliphatic heterocycles. The molecule has 5 nitrogen and oxygen atoms in total. The van der Waals surface area contributed by atoms with Crippen molar-refractivity contribution in [1.29, 1.82) is 0 Å². The first-order chi connectivity index (χ1) is 7.42. The molecular weight excluding hydrogens is 192 g/mol. The highest BCUT2D eigenvalue weighted by Gasteiger charge is 2.22. The van der Waals surface area contributed by atoms with Gasteiger partial charge in [-0.1, -0.05) is 0 Å². The van der Waals surface area contributed by atoms with E-state index in [1.807, 2.05) is 0 Å². The zero-order valence-electron chi connectivity index (χ0n) is 8.78. The molecule has 0 bridgehead atoms.